The molecule has 20 heavy (non-hydrogen) atoms. The molecule has 6 heteroatoms. The summed E-state index contributed by atoms with van der Waals surface area (Å²) in [6.07, 6.45) is 1.69. The van der Waals surface area contributed by atoms with Crippen molar-refractivity contribution in [2.75, 3.05) is 5.32 Å². The first-order chi connectivity index (χ1) is 9.56. The van der Waals surface area contributed by atoms with Gasteiger partial charge in [-0.1, -0.05) is 17.7 Å². The van der Waals surface area contributed by atoms with Crippen molar-refractivity contribution in [2.45, 2.75) is 6.42 Å². The quantitative estimate of drug-likeness (QED) is 0.907. The highest BCUT2D eigenvalue weighted by Crippen LogP contribution is 2.23. The van der Waals surface area contributed by atoms with E-state index in [2.05, 4.69) is 10.3 Å². The average molecular weight is 291 g/mol. The molecule has 102 valence electrons. The standard InChI is InChI=1S/C14H11ClN2O3/c15-11-5-4-9(14(19)20)7-12(11)17-13(18)8-10-3-1-2-6-16-10/h1-7H,8H2,(H,17,18)(H,19,20). The van der Waals surface area contributed by atoms with E-state index in [0.29, 0.717) is 5.69 Å². The van der Waals surface area contributed by atoms with E-state index in [1.165, 1.54) is 18.2 Å². The van der Waals surface area contributed by atoms with E-state index in [-0.39, 0.29) is 28.6 Å². The fourth-order valence-corrected chi connectivity index (χ4v) is 1.78. The Morgan fingerprint density at radius 1 is 1.25 bits per heavy atom. The van der Waals surface area contributed by atoms with Crippen LogP contribution in [0, 0.1) is 0 Å². The molecule has 2 aromatic rings. The number of carboxylic acid groups (broad SMARTS) is 1. The minimum absolute atomic E-state index is 0.0579. The van der Waals surface area contributed by atoms with Gasteiger partial charge in [0.2, 0.25) is 5.91 Å². The maximum absolute atomic E-state index is 11.9. The van der Waals surface area contributed by atoms with E-state index < -0.39 is 5.97 Å². The van der Waals surface area contributed by atoms with Crippen LogP contribution in [0.1, 0.15) is 16.1 Å². The number of carbonyl (C=O) groups is 2. The van der Waals surface area contributed by atoms with Crippen LogP contribution in [0.3, 0.4) is 0 Å². The minimum atomic E-state index is -1.08. The number of halogens is 1. The third-order valence-corrected chi connectivity index (χ3v) is 2.88. The molecule has 0 fully saturated rings. The Morgan fingerprint density at radius 3 is 2.70 bits per heavy atom. The van der Waals surface area contributed by atoms with Crippen LogP contribution in [0.25, 0.3) is 0 Å². The first-order valence-electron chi connectivity index (χ1n) is 5.79. The van der Waals surface area contributed by atoms with Crippen molar-refractivity contribution in [3.63, 3.8) is 0 Å². The van der Waals surface area contributed by atoms with E-state index in [1.807, 2.05) is 0 Å². The maximum atomic E-state index is 11.9. The number of nitrogens with one attached hydrogen (secondary N) is 1. The average Bonchev–Trinajstić information content (AvgIpc) is 2.42. The lowest BCUT2D eigenvalue weighted by Crippen LogP contribution is -2.15. The summed E-state index contributed by atoms with van der Waals surface area (Å²) in [4.78, 5) is 26.8. The van der Waals surface area contributed by atoms with Crippen molar-refractivity contribution >= 4 is 29.2 Å². The molecule has 1 heterocycles. The fourth-order valence-electron chi connectivity index (χ4n) is 1.62. The third kappa shape index (κ3) is 3.55. The molecule has 0 bridgehead atoms. The predicted octanol–water partition coefficient (Wildman–Crippen LogP) is 2.61. The largest absolute Gasteiger partial charge is 0.478 e. The Kier molecular flexibility index (Phi) is 4.32. The van der Waals surface area contributed by atoms with E-state index in [1.54, 1.807) is 24.4 Å². The van der Waals surface area contributed by atoms with E-state index in [4.69, 9.17) is 16.7 Å². The number of rotatable bonds is 4. The van der Waals surface area contributed by atoms with E-state index >= 15 is 0 Å². The molecule has 0 aliphatic heterocycles. The van der Waals surface area contributed by atoms with Gasteiger partial charge in [-0.25, -0.2) is 4.79 Å². The van der Waals surface area contributed by atoms with Gasteiger partial charge >= 0.3 is 5.97 Å². The maximum Gasteiger partial charge on any atom is 0.335 e. The highest BCUT2D eigenvalue weighted by atomic mass is 35.5. The van der Waals surface area contributed by atoms with Crippen LogP contribution in [0.15, 0.2) is 42.6 Å². The number of hydrogen-bond acceptors (Lipinski definition) is 3. The Morgan fingerprint density at radius 2 is 2.05 bits per heavy atom. The molecule has 0 aliphatic rings. The zero-order valence-electron chi connectivity index (χ0n) is 10.3. The molecule has 5 nitrogen and oxygen atoms in total. The summed E-state index contributed by atoms with van der Waals surface area (Å²) in [5.74, 6) is -1.39. The predicted molar refractivity (Wildman–Crippen MR) is 75.0 cm³/mol. The Bertz CT molecular complexity index is 644. The van der Waals surface area contributed by atoms with Gasteiger partial charge < -0.3 is 10.4 Å². The number of pyridine rings is 1. The van der Waals surface area contributed by atoms with Crippen molar-refractivity contribution in [1.29, 1.82) is 0 Å². The number of carbonyl (C=O) groups excluding carboxylic acids is 1. The van der Waals surface area contributed by atoms with Gasteiger partial charge in [0.15, 0.2) is 0 Å². The molecule has 0 unspecified atom stereocenters. The fraction of sp³-hybridized carbons (Fsp3) is 0.0714. The highest BCUT2D eigenvalue weighted by Gasteiger charge is 2.10. The number of aromatic nitrogens is 1. The van der Waals surface area contributed by atoms with Crippen molar-refractivity contribution in [3.8, 4) is 0 Å². The Hall–Kier alpha value is -2.40. The lowest BCUT2D eigenvalue weighted by molar-refractivity contribution is -0.115. The van der Waals surface area contributed by atoms with Crippen LogP contribution in [0.2, 0.25) is 5.02 Å². The molecule has 0 atom stereocenters. The topological polar surface area (TPSA) is 79.3 Å². The van der Waals surface area contributed by atoms with Crippen LogP contribution in [-0.4, -0.2) is 22.0 Å². The number of carboxylic acids is 1. The molecule has 1 amide bonds. The normalized spacial score (nSPS) is 10.1. The lowest BCUT2D eigenvalue weighted by atomic mass is 10.2. The molecule has 2 N–H and O–H groups in total. The summed E-state index contributed by atoms with van der Waals surface area (Å²) >= 11 is 5.92. The van der Waals surface area contributed by atoms with Crippen LogP contribution in [-0.2, 0) is 11.2 Å². The summed E-state index contributed by atoms with van der Waals surface area (Å²) in [7, 11) is 0. The monoisotopic (exact) mass is 290 g/mol. The molecule has 0 saturated heterocycles. The van der Waals surface area contributed by atoms with Gasteiger partial charge in [-0.05, 0) is 30.3 Å². The SMILES string of the molecule is O=C(Cc1ccccn1)Nc1cc(C(=O)O)ccc1Cl. The van der Waals surface area contributed by atoms with Crippen LogP contribution < -0.4 is 5.32 Å². The van der Waals surface area contributed by atoms with Gasteiger partial charge in [-0.3, -0.25) is 9.78 Å². The summed E-state index contributed by atoms with van der Waals surface area (Å²) in [6, 6.07) is 9.40. The number of nitrogens with zero attached hydrogens (tertiary/aromatic N) is 1. The summed E-state index contributed by atoms with van der Waals surface area (Å²) in [5.41, 5.74) is 0.950. The van der Waals surface area contributed by atoms with Crippen molar-refractivity contribution in [1.82, 2.24) is 4.98 Å². The molecular weight excluding hydrogens is 280 g/mol. The molecule has 0 radical (unpaired) electrons. The van der Waals surface area contributed by atoms with Gasteiger partial charge in [0.1, 0.15) is 0 Å². The second-order valence-electron chi connectivity index (χ2n) is 4.05. The second kappa shape index (κ2) is 6.16. The molecule has 2 rings (SSSR count). The third-order valence-electron chi connectivity index (χ3n) is 2.56. The van der Waals surface area contributed by atoms with Gasteiger partial charge in [-0.2, -0.15) is 0 Å². The first-order valence-corrected chi connectivity index (χ1v) is 6.16. The summed E-state index contributed by atoms with van der Waals surface area (Å²) < 4.78 is 0. The number of aromatic carboxylic acids is 1. The second-order valence-corrected chi connectivity index (χ2v) is 4.45. The summed E-state index contributed by atoms with van der Waals surface area (Å²) in [5, 5.41) is 11.8. The van der Waals surface area contributed by atoms with E-state index in [0.717, 1.165) is 0 Å². The molecule has 1 aromatic carbocycles. The zero-order valence-corrected chi connectivity index (χ0v) is 11.1. The number of anilines is 1. The van der Waals surface area contributed by atoms with Crippen molar-refractivity contribution < 1.29 is 14.7 Å². The summed E-state index contributed by atoms with van der Waals surface area (Å²) in [6.45, 7) is 0. The first kappa shape index (κ1) is 14.0. The molecule has 0 spiro atoms. The highest BCUT2D eigenvalue weighted by molar-refractivity contribution is 6.33. The minimum Gasteiger partial charge on any atom is -0.478 e. The van der Waals surface area contributed by atoms with Crippen LogP contribution >= 0.6 is 11.6 Å². The number of amides is 1. The van der Waals surface area contributed by atoms with Crippen LogP contribution in [0.5, 0.6) is 0 Å². The molecule has 0 aliphatic carbocycles. The number of benzene rings is 1. The lowest BCUT2D eigenvalue weighted by Gasteiger charge is -2.08. The molecule has 0 saturated carbocycles. The van der Waals surface area contributed by atoms with Crippen LogP contribution in [0.4, 0.5) is 5.69 Å². The molecule has 1 aromatic heterocycles. The smallest absolute Gasteiger partial charge is 0.335 e. The van der Waals surface area contributed by atoms with Gasteiger partial charge in [0.25, 0.3) is 0 Å². The van der Waals surface area contributed by atoms with Gasteiger partial charge in [0, 0.05) is 11.9 Å². The zero-order chi connectivity index (χ0) is 14.5. The Balaban J connectivity index is 2.11. The molecular formula is C14H11ClN2O3. The van der Waals surface area contributed by atoms with Crippen molar-refractivity contribution in [2.24, 2.45) is 0 Å². The Labute approximate surface area is 120 Å². The van der Waals surface area contributed by atoms with Gasteiger partial charge in [0.05, 0.1) is 22.7 Å². The van der Waals surface area contributed by atoms with E-state index in [9.17, 15) is 9.59 Å². The van der Waals surface area contributed by atoms with Crippen molar-refractivity contribution in [3.05, 3.63) is 58.9 Å². The van der Waals surface area contributed by atoms with Gasteiger partial charge in [-0.15, -0.1) is 0 Å². The number of hydrogen-bond donors (Lipinski definition) is 2.